The predicted octanol–water partition coefficient (Wildman–Crippen LogP) is 2.22. The minimum atomic E-state index is 0.0568. The van der Waals surface area contributed by atoms with Crippen molar-refractivity contribution in [3.05, 3.63) is 35.9 Å². The Morgan fingerprint density at radius 3 is 2.69 bits per heavy atom. The Kier molecular flexibility index (Phi) is 2.34. The Morgan fingerprint density at radius 2 is 2.15 bits per heavy atom. The molecule has 1 N–H and O–H groups in total. The first-order valence-electron chi connectivity index (χ1n) is 4.82. The van der Waals surface area contributed by atoms with Crippen LogP contribution in [0.2, 0.25) is 0 Å². The van der Waals surface area contributed by atoms with E-state index in [1.165, 1.54) is 5.56 Å². The molecule has 0 spiro atoms. The molecule has 2 heteroatoms. The van der Waals surface area contributed by atoms with Gasteiger partial charge >= 0.3 is 0 Å². The Hall–Kier alpha value is -0.860. The van der Waals surface area contributed by atoms with Crippen LogP contribution in [0, 0.1) is 0 Å². The number of nitrogens with one attached hydrogen (secondary N) is 1. The van der Waals surface area contributed by atoms with E-state index in [4.69, 9.17) is 4.84 Å². The third-order valence-corrected chi connectivity index (χ3v) is 2.83. The van der Waals surface area contributed by atoms with Crippen LogP contribution in [0.1, 0.15) is 25.3 Å². The molecule has 1 aromatic carbocycles. The molecule has 1 atom stereocenters. The predicted molar refractivity (Wildman–Crippen MR) is 52.1 cm³/mol. The summed E-state index contributed by atoms with van der Waals surface area (Å²) in [6.07, 6.45) is 2.13. The summed E-state index contributed by atoms with van der Waals surface area (Å²) in [6.45, 7) is 3.00. The third kappa shape index (κ3) is 1.47. The van der Waals surface area contributed by atoms with E-state index in [-0.39, 0.29) is 5.54 Å². The molecule has 1 aliphatic heterocycles. The van der Waals surface area contributed by atoms with Gasteiger partial charge in [0.25, 0.3) is 0 Å². The molecule has 1 aliphatic rings. The zero-order valence-corrected chi connectivity index (χ0v) is 7.92. The molecule has 0 bridgehead atoms. The summed E-state index contributed by atoms with van der Waals surface area (Å²) < 4.78 is 0. The highest BCUT2D eigenvalue weighted by atomic mass is 16.7. The van der Waals surface area contributed by atoms with E-state index in [9.17, 15) is 0 Å². The van der Waals surface area contributed by atoms with E-state index in [0.717, 1.165) is 19.4 Å². The lowest BCUT2D eigenvalue weighted by atomic mass is 9.86. The first-order valence-corrected chi connectivity index (χ1v) is 4.82. The van der Waals surface area contributed by atoms with Crippen LogP contribution in [0.3, 0.4) is 0 Å². The van der Waals surface area contributed by atoms with Crippen LogP contribution in [0.5, 0.6) is 0 Å². The van der Waals surface area contributed by atoms with Crippen molar-refractivity contribution < 1.29 is 4.84 Å². The number of hydrogen-bond donors (Lipinski definition) is 1. The molecular formula is C11H15NO. The largest absolute Gasteiger partial charge is 0.301 e. The molecule has 0 amide bonds. The minimum absolute atomic E-state index is 0.0568. The fourth-order valence-corrected chi connectivity index (χ4v) is 1.88. The quantitative estimate of drug-likeness (QED) is 0.747. The molecule has 0 radical (unpaired) electrons. The van der Waals surface area contributed by atoms with Crippen LogP contribution in [0.25, 0.3) is 0 Å². The lowest BCUT2D eigenvalue weighted by Crippen LogP contribution is -2.35. The van der Waals surface area contributed by atoms with Crippen molar-refractivity contribution in [2.24, 2.45) is 0 Å². The maximum atomic E-state index is 5.26. The highest BCUT2D eigenvalue weighted by molar-refractivity contribution is 5.24. The van der Waals surface area contributed by atoms with Crippen molar-refractivity contribution in [1.29, 1.82) is 0 Å². The molecule has 1 fully saturated rings. The second kappa shape index (κ2) is 3.48. The van der Waals surface area contributed by atoms with Gasteiger partial charge < -0.3 is 4.84 Å². The van der Waals surface area contributed by atoms with E-state index < -0.39 is 0 Å². The van der Waals surface area contributed by atoms with Crippen molar-refractivity contribution in [1.82, 2.24) is 5.48 Å². The van der Waals surface area contributed by atoms with Gasteiger partial charge in [0.15, 0.2) is 0 Å². The molecule has 70 valence electrons. The van der Waals surface area contributed by atoms with Crippen molar-refractivity contribution in [3.63, 3.8) is 0 Å². The summed E-state index contributed by atoms with van der Waals surface area (Å²) in [6, 6.07) is 10.5. The highest BCUT2D eigenvalue weighted by Crippen LogP contribution is 2.31. The average molecular weight is 177 g/mol. The maximum Gasteiger partial charge on any atom is 0.0704 e. The van der Waals surface area contributed by atoms with Crippen molar-refractivity contribution in [3.8, 4) is 0 Å². The van der Waals surface area contributed by atoms with Gasteiger partial charge in [0, 0.05) is 0 Å². The van der Waals surface area contributed by atoms with Gasteiger partial charge in [-0.3, -0.25) is 0 Å². The molecule has 0 saturated carbocycles. The molecular weight excluding hydrogens is 162 g/mol. The Labute approximate surface area is 78.9 Å². The Bertz CT molecular complexity index is 265. The Balaban J connectivity index is 2.31. The summed E-state index contributed by atoms with van der Waals surface area (Å²) >= 11 is 0. The van der Waals surface area contributed by atoms with Gasteiger partial charge in [-0.25, -0.2) is 0 Å². The summed E-state index contributed by atoms with van der Waals surface area (Å²) in [5.74, 6) is 0. The SMILES string of the molecule is CCC1(c2ccccc2)CCON1. The van der Waals surface area contributed by atoms with Crippen molar-refractivity contribution in [2.45, 2.75) is 25.3 Å². The molecule has 2 rings (SSSR count). The van der Waals surface area contributed by atoms with Crippen molar-refractivity contribution >= 4 is 0 Å². The average Bonchev–Trinajstić information content (AvgIpc) is 2.69. The van der Waals surface area contributed by atoms with Crippen LogP contribution < -0.4 is 5.48 Å². The summed E-state index contributed by atoms with van der Waals surface area (Å²) in [7, 11) is 0. The van der Waals surface area contributed by atoms with Crippen LogP contribution >= 0.6 is 0 Å². The standard InChI is InChI=1S/C11H15NO/c1-2-11(8-9-13-12-11)10-6-4-3-5-7-10/h3-7,12H,2,8-9H2,1H3. The monoisotopic (exact) mass is 177 g/mol. The minimum Gasteiger partial charge on any atom is -0.301 e. The molecule has 2 nitrogen and oxygen atoms in total. The smallest absolute Gasteiger partial charge is 0.0704 e. The highest BCUT2D eigenvalue weighted by Gasteiger charge is 2.34. The molecule has 1 heterocycles. The fraction of sp³-hybridized carbons (Fsp3) is 0.455. The van der Waals surface area contributed by atoms with Crippen LogP contribution in [-0.2, 0) is 10.4 Å². The zero-order valence-electron chi connectivity index (χ0n) is 7.92. The van der Waals surface area contributed by atoms with Gasteiger partial charge in [-0.15, -0.1) is 0 Å². The van der Waals surface area contributed by atoms with Crippen molar-refractivity contribution in [2.75, 3.05) is 6.61 Å². The summed E-state index contributed by atoms with van der Waals surface area (Å²) in [5, 5.41) is 0. The normalized spacial score (nSPS) is 27.8. The Morgan fingerprint density at radius 1 is 1.38 bits per heavy atom. The van der Waals surface area contributed by atoms with Gasteiger partial charge in [0.2, 0.25) is 0 Å². The second-order valence-electron chi connectivity index (χ2n) is 3.50. The third-order valence-electron chi connectivity index (χ3n) is 2.83. The molecule has 1 aromatic rings. The van der Waals surface area contributed by atoms with Crippen LogP contribution in [0.15, 0.2) is 30.3 Å². The number of hydrogen-bond acceptors (Lipinski definition) is 2. The fourth-order valence-electron chi connectivity index (χ4n) is 1.88. The number of benzene rings is 1. The molecule has 1 saturated heterocycles. The van der Waals surface area contributed by atoms with E-state index in [0.29, 0.717) is 0 Å². The lowest BCUT2D eigenvalue weighted by Gasteiger charge is -2.26. The van der Waals surface area contributed by atoms with Crippen LogP contribution in [0.4, 0.5) is 0 Å². The number of rotatable bonds is 2. The summed E-state index contributed by atoms with van der Waals surface area (Å²) in [4.78, 5) is 5.26. The molecule has 13 heavy (non-hydrogen) atoms. The van der Waals surface area contributed by atoms with E-state index in [1.807, 2.05) is 6.07 Å². The molecule has 0 aliphatic carbocycles. The molecule has 1 unspecified atom stereocenters. The van der Waals surface area contributed by atoms with Gasteiger partial charge in [-0.05, 0) is 18.4 Å². The topological polar surface area (TPSA) is 21.3 Å². The summed E-state index contributed by atoms with van der Waals surface area (Å²) in [5.41, 5.74) is 4.52. The van der Waals surface area contributed by atoms with Crippen LogP contribution in [-0.4, -0.2) is 6.61 Å². The van der Waals surface area contributed by atoms with Gasteiger partial charge in [-0.1, -0.05) is 37.3 Å². The molecule has 0 aromatic heterocycles. The van der Waals surface area contributed by atoms with E-state index >= 15 is 0 Å². The lowest BCUT2D eigenvalue weighted by molar-refractivity contribution is 0.0587. The zero-order chi connectivity index (χ0) is 9.15. The number of hydroxylamine groups is 1. The first kappa shape index (κ1) is 8.73. The van der Waals surface area contributed by atoms with Gasteiger partial charge in [0.1, 0.15) is 0 Å². The van der Waals surface area contributed by atoms with Gasteiger partial charge in [-0.2, -0.15) is 5.48 Å². The first-order chi connectivity index (χ1) is 6.37. The maximum absolute atomic E-state index is 5.26. The second-order valence-corrected chi connectivity index (χ2v) is 3.50. The van der Waals surface area contributed by atoms with E-state index in [2.05, 4.69) is 36.7 Å². The van der Waals surface area contributed by atoms with Gasteiger partial charge in [0.05, 0.1) is 12.1 Å². The van der Waals surface area contributed by atoms with E-state index in [1.54, 1.807) is 0 Å².